The predicted molar refractivity (Wildman–Crippen MR) is 86.4 cm³/mol. The summed E-state index contributed by atoms with van der Waals surface area (Å²) in [6.45, 7) is 0.269. The molecule has 1 aliphatic carbocycles. The first-order valence-corrected chi connectivity index (χ1v) is 8.27. The maximum absolute atomic E-state index is 8.75. The summed E-state index contributed by atoms with van der Waals surface area (Å²) in [5.41, 5.74) is 0.889. The summed E-state index contributed by atoms with van der Waals surface area (Å²) in [6.07, 6.45) is 6.61. The first kappa shape index (κ1) is 14.6. The van der Waals surface area contributed by atoms with E-state index in [-0.39, 0.29) is 6.61 Å². The zero-order valence-electron chi connectivity index (χ0n) is 12.1. The number of hydrogen-bond acceptors (Lipinski definition) is 6. The molecule has 0 amide bonds. The van der Waals surface area contributed by atoms with Gasteiger partial charge in [-0.2, -0.15) is 0 Å². The van der Waals surface area contributed by atoms with Gasteiger partial charge in [0.15, 0.2) is 0 Å². The van der Waals surface area contributed by atoms with Crippen LogP contribution >= 0.6 is 11.9 Å². The second-order valence-corrected chi connectivity index (χ2v) is 6.35. The number of anilines is 1. The van der Waals surface area contributed by atoms with E-state index in [4.69, 9.17) is 5.11 Å². The van der Waals surface area contributed by atoms with Gasteiger partial charge in [0, 0.05) is 37.7 Å². The van der Waals surface area contributed by atoms with Crippen LogP contribution in [0.2, 0.25) is 0 Å². The number of rotatable bonds is 7. The fourth-order valence-electron chi connectivity index (χ4n) is 2.63. The van der Waals surface area contributed by atoms with Gasteiger partial charge in [0.1, 0.15) is 17.8 Å². The first-order chi connectivity index (χ1) is 10.3. The molecule has 2 aromatic rings. The smallest absolute Gasteiger partial charge is 0.142 e. The molecule has 2 heterocycles. The molecule has 1 saturated carbocycles. The molecule has 0 aliphatic heterocycles. The molecule has 3 N–H and O–H groups in total. The summed E-state index contributed by atoms with van der Waals surface area (Å²) in [5.74, 6) is 1.96. The Balaban J connectivity index is 1.53. The van der Waals surface area contributed by atoms with Gasteiger partial charge in [-0.05, 0) is 25.3 Å². The highest BCUT2D eigenvalue weighted by Crippen LogP contribution is 2.31. The number of nitrogens with one attached hydrogen (secondary N) is 2. The van der Waals surface area contributed by atoms with Gasteiger partial charge in [0.2, 0.25) is 0 Å². The Kier molecular flexibility index (Phi) is 4.62. The van der Waals surface area contributed by atoms with E-state index in [0.29, 0.717) is 12.1 Å². The summed E-state index contributed by atoms with van der Waals surface area (Å²) in [4.78, 5) is 14.0. The van der Waals surface area contributed by atoms with E-state index >= 15 is 0 Å². The molecule has 2 aromatic heterocycles. The Hall–Kier alpha value is -1.31. The lowest BCUT2D eigenvalue weighted by Crippen LogP contribution is -2.50. The van der Waals surface area contributed by atoms with Crippen molar-refractivity contribution >= 4 is 28.8 Å². The van der Waals surface area contributed by atoms with Crippen molar-refractivity contribution in [3.8, 4) is 0 Å². The van der Waals surface area contributed by atoms with Crippen molar-refractivity contribution in [2.75, 3.05) is 24.3 Å². The minimum Gasteiger partial charge on any atom is -0.396 e. The van der Waals surface area contributed by atoms with Crippen LogP contribution in [0.25, 0.3) is 11.0 Å². The number of fused-ring (bicyclic) bond motifs is 1. The molecule has 0 saturated heterocycles. The third-order valence-corrected chi connectivity index (χ3v) is 4.98. The fourth-order valence-corrected chi connectivity index (χ4v) is 3.45. The standard InChI is InChI=1S/C14H21N5OS/c1-19(11-7-10(8-11)18-21-6-2-5-20)14-12-3-4-15-13(12)16-9-17-14/h3-4,9-11,18,20H,2,5-8H2,1H3,(H,15,16,17). The van der Waals surface area contributed by atoms with Crippen LogP contribution in [-0.4, -0.2) is 51.5 Å². The SMILES string of the molecule is CN(c1ncnc2[nH]ccc12)C1CC(NSCCCO)C1. The second-order valence-electron chi connectivity index (χ2n) is 5.41. The molecular weight excluding hydrogens is 286 g/mol. The average molecular weight is 307 g/mol. The Labute approximate surface area is 128 Å². The molecule has 6 nitrogen and oxygen atoms in total. The van der Waals surface area contributed by atoms with Gasteiger partial charge in [0.05, 0.1) is 5.39 Å². The van der Waals surface area contributed by atoms with E-state index in [1.165, 1.54) is 0 Å². The van der Waals surface area contributed by atoms with Gasteiger partial charge in [-0.15, -0.1) is 0 Å². The Bertz CT molecular complexity index is 584. The molecule has 3 rings (SSSR count). The normalized spacial score (nSPS) is 21.4. The number of aliphatic hydroxyl groups excluding tert-OH is 1. The highest BCUT2D eigenvalue weighted by molar-refractivity contribution is 7.97. The van der Waals surface area contributed by atoms with Gasteiger partial charge in [-0.1, -0.05) is 11.9 Å². The lowest BCUT2D eigenvalue weighted by atomic mass is 9.86. The van der Waals surface area contributed by atoms with Crippen molar-refractivity contribution in [3.05, 3.63) is 18.6 Å². The number of aromatic nitrogens is 3. The van der Waals surface area contributed by atoms with Gasteiger partial charge in [-0.25, -0.2) is 9.97 Å². The van der Waals surface area contributed by atoms with Crippen LogP contribution < -0.4 is 9.62 Å². The van der Waals surface area contributed by atoms with Gasteiger partial charge in [0.25, 0.3) is 0 Å². The molecule has 0 bridgehead atoms. The van der Waals surface area contributed by atoms with Crippen molar-refractivity contribution < 1.29 is 5.11 Å². The quantitative estimate of drug-likeness (QED) is 0.532. The van der Waals surface area contributed by atoms with Gasteiger partial charge < -0.3 is 15.0 Å². The zero-order chi connectivity index (χ0) is 14.7. The van der Waals surface area contributed by atoms with E-state index in [2.05, 4.69) is 31.6 Å². The van der Waals surface area contributed by atoms with Crippen LogP contribution in [0.3, 0.4) is 0 Å². The molecule has 0 unspecified atom stereocenters. The molecule has 21 heavy (non-hydrogen) atoms. The minimum absolute atomic E-state index is 0.269. The molecule has 1 fully saturated rings. The lowest BCUT2D eigenvalue weighted by molar-refractivity contribution is 0.295. The van der Waals surface area contributed by atoms with Crippen molar-refractivity contribution in [1.82, 2.24) is 19.7 Å². The van der Waals surface area contributed by atoms with Gasteiger partial charge in [-0.3, -0.25) is 4.72 Å². The van der Waals surface area contributed by atoms with Crippen LogP contribution in [0.5, 0.6) is 0 Å². The first-order valence-electron chi connectivity index (χ1n) is 7.28. The Morgan fingerprint density at radius 3 is 3.14 bits per heavy atom. The summed E-state index contributed by atoms with van der Waals surface area (Å²) in [5, 5.41) is 9.83. The highest BCUT2D eigenvalue weighted by Gasteiger charge is 2.33. The Morgan fingerprint density at radius 1 is 1.48 bits per heavy atom. The van der Waals surface area contributed by atoms with Crippen molar-refractivity contribution in [2.24, 2.45) is 0 Å². The largest absolute Gasteiger partial charge is 0.396 e. The topological polar surface area (TPSA) is 77.1 Å². The number of H-pyrrole nitrogens is 1. The second kappa shape index (κ2) is 6.64. The third kappa shape index (κ3) is 3.14. The maximum atomic E-state index is 8.75. The fraction of sp³-hybridized carbons (Fsp3) is 0.571. The van der Waals surface area contributed by atoms with Crippen molar-refractivity contribution in [2.45, 2.75) is 31.3 Å². The third-order valence-electron chi connectivity index (χ3n) is 3.98. The van der Waals surface area contributed by atoms with Crippen molar-refractivity contribution in [3.63, 3.8) is 0 Å². The van der Waals surface area contributed by atoms with E-state index in [1.54, 1.807) is 18.3 Å². The van der Waals surface area contributed by atoms with Crippen LogP contribution in [0.15, 0.2) is 18.6 Å². The van der Waals surface area contributed by atoms with E-state index in [9.17, 15) is 0 Å². The van der Waals surface area contributed by atoms with Crippen LogP contribution in [0.1, 0.15) is 19.3 Å². The van der Waals surface area contributed by atoms with E-state index in [0.717, 1.165) is 41.9 Å². The highest BCUT2D eigenvalue weighted by atomic mass is 32.2. The van der Waals surface area contributed by atoms with E-state index in [1.807, 2.05) is 12.3 Å². The summed E-state index contributed by atoms with van der Waals surface area (Å²) < 4.78 is 3.46. The zero-order valence-corrected chi connectivity index (χ0v) is 12.9. The van der Waals surface area contributed by atoms with Crippen LogP contribution in [0, 0.1) is 0 Å². The molecule has 0 atom stereocenters. The van der Waals surface area contributed by atoms with Gasteiger partial charge >= 0.3 is 0 Å². The summed E-state index contributed by atoms with van der Waals surface area (Å²) in [6, 6.07) is 3.11. The average Bonchev–Trinajstić information content (AvgIpc) is 2.92. The molecule has 7 heteroatoms. The summed E-state index contributed by atoms with van der Waals surface area (Å²) in [7, 11) is 2.11. The molecule has 0 spiro atoms. The predicted octanol–water partition coefficient (Wildman–Crippen LogP) is 1.55. The molecule has 0 radical (unpaired) electrons. The maximum Gasteiger partial charge on any atom is 0.142 e. The molecule has 114 valence electrons. The number of hydrogen-bond donors (Lipinski definition) is 3. The molecular formula is C14H21N5OS. The lowest BCUT2D eigenvalue weighted by Gasteiger charge is -2.42. The van der Waals surface area contributed by atoms with E-state index < -0.39 is 0 Å². The number of aliphatic hydroxyl groups is 1. The Morgan fingerprint density at radius 2 is 2.33 bits per heavy atom. The van der Waals surface area contributed by atoms with Crippen molar-refractivity contribution in [1.29, 1.82) is 0 Å². The van der Waals surface area contributed by atoms with Crippen LogP contribution in [-0.2, 0) is 0 Å². The minimum atomic E-state index is 0.269. The summed E-state index contributed by atoms with van der Waals surface area (Å²) >= 11 is 1.72. The molecule has 1 aliphatic rings. The monoisotopic (exact) mass is 307 g/mol. The molecule has 0 aromatic carbocycles. The number of aromatic amines is 1. The van der Waals surface area contributed by atoms with Crippen LogP contribution in [0.4, 0.5) is 5.82 Å². The number of nitrogens with zero attached hydrogens (tertiary/aromatic N) is 3.